The van der Waals surface area contributed by atoms with Crippen molar-refractivity contribution in [1.29, 1.82) is 5.26 Å². The molecule has 0 spiro atoms. The normalized spacial score (nSPS) is 20.7. The Morgan fingerprint density at radius 1 is 1.08 bits per heavy atom. The number of amides is 2. The molecule has 3 fully saturated rings. The van der Waals surface area contributed by atoms with Crippen LogP contribution in [0.1, 0.15) is 82.7 Å². The highest BCUT2D eigenvalue weighted by molar-refractivity contribution is 5.97. The summed E-state index contributed by atoms with van der Waals surface area (Å²) < 4.78 is 10.1. The number of carbonyl (C=O) groups is 2. The molecule has 6 heterocycles. The number of nitrogens with two attached hydrogens (primary N) is 1. The lowest BCUT2D eigenvalue weighted by molar-refractivity contribution is 0.0725. The summed E-state index contributed by atoms with van der Waals surface area (Å²) >= 11 is 0. The molecule has 0 radical (unpaired) electrons. The molecule has 3 N–H and O–H groups in total. The van der Waals surface area contributed by atoms with Crippen LogP contribution in [0, 0.1) is 24.2 Å². The molecule has 4 atom stereocenters. The van der Waals surface area contributed by atoms with Gasteiger partial charge in [0.15, 0.2) is 5.88 Å². The molecule has 1 saturated carbocycles. The van der Waals surface area contributed by atoms with Gasteiger partial charge in [0.05, 0.1) is 41.9 Å². The molecule has 3 aliphatic rings. The summed E-state index contributed by atoms with van der Waals surface area (Å²) in [5.74, 6) is 0.839. The Balaban J connectivity index is 1.16. The molecule has 2 aliphatic heterocycles. The third kappa shape index (κ3) is 4.99. The summed E-state index contributed by atoms with van der Waals surface area (Å²) in [4.78, 5) is 39.0. The second kappa shape index (κ2) is 11.5. The number of nitrogens with zero attached hydrogens (tertiary/aromatic N) is 6. The summed E-state index contributed by atoms with van der Waals surface area (Å²) in [6.07, 6.45) is 5.13. The van der Waals surface area contributed by atoms with Gasteiger partial charge in [0.2, 0.25) is 0 Å². The number of methoxy groups -OCH3 is 1. The maximum absolute atomic E-state index is 13.8. The van der Waals surface area contributed by atoms with Gasteiger partial charge in [-0.3, -0.25) is 14.0 Å². The molecular weight excluding hydrogens is 604 g/mol. The minimum Gasteiger partial charge on any atom is -0.482 e. The fourth-order valence-corrected chi connectivity index (χ4v) is 7.70. The zero-order chi connectivity index (χ0) is 33.3. The maximum atomic E-state index is 13.8. The fourth-order valence-electron chi connectivity index (χ4n) is 7.70. The van der Waals surface area contributed by atoms with Gasteiger partial charge in [0, 0.05) is 47.2 Å². The van der Waals surface area contributed by atoms with Crippen molar-refractivity contribution in [2.45, 2.75) is 76.7 Å². The molecule has 5 aromatic rings. The number of hydrogen-bond acceptors (Lipinski definition) is 7. The second-order valence-corrected chi connectivity index (χ2v) is 13.6. The van der Waals surface area contributed by atoms with Crippen LogP contribution in [-0.4, -0.2) is 60.9 Å². The van der Waals surface area contributed by atoms with Crippen LogP contribution in [0.4, 0.5) is 0 Å². The van der Waals surface area contributed by atoms with Crippen LogP contribution in [0.5, 0.6) is 5.88 Å². The van der Waals surface area contributed by atoms with E-state index in [1.807, 2.05) is 47.4 Å². The average molecular weight is 643 g/mol. The van der Waals surface area contributed by atoms with E-state index in [9.17, 15) is 14.9 Å². The molecule has 48 heavy (non-hydrogen) atoms. The number of hydrogen-bond donors (Lipinski definition) is 2. The molecule has 0 unspecified atom stereocenters. The fraction of sp³-hybridized carbons (Fsp3) is 0.378. The first-order valence-corrected chi connectivity index (χ1v) is 16.7. The number of ether oxygens (including phenoxy) is 1. The van der Waals surface area contributed by atoms with Gasteiger partial charge in [-0.1, -0.05) is 6.07 Å². The van der Waals surface area contributed by atoms with E-state index in [1.54, 1.807) is 31.4 Å². The Morgan fingerprint density at radius 2 is 1.92 bits per heavy atom. The molecule has 8 rings (SSSR count). The van der Waals surface area contributed by atoms with E-state index < -0.39 is 0 Å². The van der Waals surface area contributed by atoms with Crippen molar-refractivity contribution in [1.82, 2.24) is 29.2 Å². The predicted molar refractivity (Wildman–Crippen MR) is 181 cm³/mol. The first-order chi connectivity index (χ1) is 23.2. The van der Waals surface area contributed by atoms with Gasteiger partial charge < -0.3 is 25.3 Å². The Kier molecular flexibility index (Phi) is 7.22. The molecule has 11 nitrogen and oxygen atoms in total. The van der Waals surface area contributed by atoms with E-state index in [0.29, 0.717) is 34.1 Å². The largest absolute Gasteiger partial charge is 0.482 e. The van der Waals surface area contributed by atoms with Crippen LogP contribution in [-0.2, 0) is 6.54 Å². The zero-order valence-electron chi connectivity index (χ0n) is 27.3. The molecule has 244 valence electrons. The van der Waals surface area contributed by atoms with Gasteiger partial charge >= 0.3 is 0 Å². The lowest BCUT2D eigenvalue weighted by Gasteiger charge is -2.23. The van der Waals surface area contributed by atoms with Crippen LogP contribution < -0.4 is 15.8 Å². The molecule has 1 aliphatic carbocycles. The Labute approximate surface area is 278 Å². The van der Waals surface area contributed by atoms with Crippen LogP contribution in [0.15, 0.2) is 54.6 Å². The first-order valence-electron chi connectivity index (χ1n) is 16.7. The van der Waals surface area contributed by atoms with E-state index in [0.717, 1.165) is 59.6 Å². The van der Waals surface area contributed by atoms with E-state index in [4.69, 9.17) is 20.4 Å². The summed E-state index contributed by atoms with van der Waals surface area (Å²) in [7, 11) is 1.62. The minimum atomic E-state index is -0.363. The van der Waals surface area contributed by atoms with Crippen molar-refractivity contribution in [3.8, 4) is 23.3 Å². The highest BCUT2D eigenvalue weighted by atomic mass is 16.5. The summed E-state index contributed by atoms with van der Waals surface area (Å²) in [6, 6.07) is 18.5. The van der Waals surface area contributed by atoms with Crippen LogP contribution >= 0.6 is 0 Å². The third-order valence-corrected chi connectivity index (χ3v) is 10.4. The summed E-state index contributed by atoms with van der Waals surface area (Å²) in [6.45, 7) is 4.74. The van der Waals surface area contributed by atoms with Crippen molar-refractivity contribution >= 4 is 28.5 Å². The average Bonchev–Trinajstić information content (AvgIpc) is 3.42. The van der Waals surface area contributed by atoms with Crippen molar-refractivity contribution in [3.05, 3.63) is 82.7 Å². The smallest absolute Gasteiger partial charge is 0.254 e. The molecule has 2 bridgehead atoms. The SMILES string of the molecule is COc1cc(C(=O)N2[C@H]3CC[C@@H]2[C@H](N)C3)cc2nc(-c3cc4ccc([C@@H](C)NC(=O)c5cccc(C#N)c5)nc4n3CC3CC3)c(C)n12. The minimum absolute atomic E-state index is 0.0167. The molecule has 2 amide bonds. The van der Waals surface area contributed by atoms with Crippen molar-refractivity contribution in [2.24, 2.45) is 11.7 Å². The topological polar surface area (TPSA) is 144 Å². The number of benzene rings is 1. The summed E-state index contributed by atoms with van der Waals surface area (Å²) in [5, 5.41) is 13.3. The number of imidazole rings is 1. The number of pyridine rings is 2. The van der Waals surface area contributed by atoms with Gasteiger partial charge in [0.25, 0.3) is 11.8 Å². The number of carbonyl (C=O) groups excluding carboxylic acids is 2. The Bertz CT molecular complexity index is 2160. The molecule has 11 heteroatoms. The lowest BCUT2D eigenvalue weighted by Crippen LogP contribution is -2.40. The number of rotatable bonds is 8. The number of nitrogens with one attached hydrogen (secondary N) is 1. The lowest BCUT2D eigenvalue weighted by atomic mass is 9.97. The van der Waals surface area contributed by atoms with E-state index in [1.165, 1.54) is 12.8 Å². The quantitative estimate of drug-likeness (QED) is 0.238. The van der Waals surface area contributed by atoms with Crippen LogP contribution in [0.2, 0.25) is 0 Å². The van der Waals surface area contributed by atoms with Gasteiger partial charge in [0.1, 0.15) is 17.0 Å². The van der Waals surface area contributed by atoms with Crippen molar-refractivity contribution < 1.29 is 14.3 Å². The molecule has 1 aromatic carbocycles. The van der Waals surface area contributed by atoms with E-state index >= 15 is 0 Å². The van der Waals surface area contributed by atoms with E-state index in [2.05, 4.69) is 22.0 Å². The van der Waals surface area contributed by atoms with Crippen molar-refractivity contribution in [2.75, 3.05) is 7.11 Å². The van der Waals surface area contributed by atoms with Crippen molar-refractivity contribution in [3.63, 3.8) is 0 Å². The Hall–Kier alpha value is -5.21. The van der Waals surface area contributed by atoms with Gasteiger partial charge in [-0.15, -0.1) is 0 Å². The second-order valence-electron chi connectivity index (χ2n) is 13.6. The zero-order valence-corrected chi connectivity index (χ0v) is 27.3. The number of nitriles is 1. The Morgan fingerprint density at radius 3 is 2.62 bits per heavy atom. The van der Waals surface area contributed by atoms with Crippen LogP contribution in [0.25, 0.3) is 28.1 Å². The molecule has 4 aromatic heterocycles. The third-order valence-electron chi connectivity index (χ3n) is 10.4. The van der Waals surface area contributed by atoms with Gasteiger partial charge in [-0.05, 0) is 94.3 Å². The molecule has 2 saturated heterocycles. The van der Waals surface area contributed by atoms with Gasteiger partial charge in [-0.25, -0.2) is 9.97 Å². The number of aryl methyl sites for hydroxylation is 1. The number of fused-ring (bicyclic) bond motifs is 4. The van der Waals surface area contributed by atoms with E-state index in [-0.39, 0.29) is 36.0 Å². The monoisotopic (exact) mass is 642 g/mol. The number of aromatic nitrogens is 4. The highest BCUT2D eigenvalue weighted by Gasteiger charge is 2.47. The van der Waals surface area contributed by atoms with Gasteiger partial charge in [-0.2, -0.15) is 5.26 Å². The maximum Gasteiger partial charge on any atom is 0.254 e. The van der Waals surface area contributed by atoms with Crippen LogP contribution in [0.3, 0.4) is 0 Å². The highest BCUT2D eigenvalue weighted by Crippen LogP contribution is 2.40. The standard InChI is InChI=1S/C37H38N8O3/c1-20(40-36(46)25-6-4-5-23(13-25)18-38)29-11-9-24-14-31(43(35(24)41-29)19-22-7-8-22)34-21(2)44-32(42-34)15-26(16-33(44)48-3)37(47)45-27-10-12-30(45)28(39)17-27/h4-6,9,11,13-16,20,22,27-28,30H,7-8,10,12,17,19,39H2,1-3H3,(H,40,46)/t20-,27+,28-,30-/m1/s1. The summed E-state index contributed by atoms with van der Waals surface area (Å²) in [5.41, 5.74) is 12.7. The molecular formula is C37H38N8O3. The predicted octanol–water partition coefficient (Wildman–Crippen LogP) is 5.14. The first kappa shape index (κ1) is 30.1.